The second-order valence-electron chi connectivity index (χ2n) is 4.41. The van der Waals surface area contributed by atoms with Gasteiger partial charge in [0.05, 0.1) is 5.54 Å². The van der Waals surface area contributed by atoms with Gasteiger partial charge in [-0.3, -0.25) is 10.1 Å². The summed E-state index contributed by atoms with van der Waals surface area (Å²) in [7, 11) is 0. The van der Waals surface area contributed by atoms with Gasteiger partial charge in [-0.15, -0.1) is 0 Å². The summed E-state index contributed by atoms with van der Waals surface area (Å²) < 4.78 is 1.02. The molecule has 3 nitrogen and oxygen atoms in total. The van der Waals surface area contributed by atoms with Crippen molar-refractivity contribution in [3.8, 4) is 0 Å². The molecule has 16 heavy (non-hydrogen) atoms. The Bertz CT molecular complexity index is 390. The molecule has 0 saturated heterocycles. The highest BCUT2D eigenvalue weighted by atomic mass is 79.9. The molecule has 1 rings (SSSR count). The number of nitrogens with one attached hydrogen (secondary N) is 1. The molecule has 0 aromatic heterocycles. The molecule has 1 atom stereocenters. The Morgan fingerprint density at radius 3 is 2.62 bits per heavy atom. The summed E-state index contributed by atoms with van der Waals surface area (Å²) in [5.74, 6) is -0.352. The summed E-state index contributed by atoms with van der Waals surface area (Å²) in [5.41, 5.74) is 5.72. The van der Waals surface area contributed by atoms with E-state index in [2.05, 4.69) is 21.2 Å². The molecule has 88 valence electrons. The molecular formula is C12H17BrN2O. The van der Waals surface area contributed by atoms with E-state index in [0.29, 0.717) is 0 Å². The Kier molecular flexibility index (Phi) is 4.10. The van der Waals surface area contributed by atoms with Gasteiger partial charge in [0, 0.05) is 10.5 Å². The highest BCUT2D eigenvalue weighted by Gasteiger charge is 2.26. The second kappa shape index (κ2) is 4.97. The van der Waals surface area contributed by atoms with Crippen LogP contribution in [0.15, 0.2) is 28.7 Å². The van der Waals surface area contributed by atoms with Crippen LogP contribution in [0.2, 0.25) is 0 Å². The maximum atomic E-state index is 11.2. The number of nitrogens with two attached hydrogens (primary N) is 1. The van der Waals surface area contributed by atoms with Gasteiger partial charge >= 0.3 is 0 Å². The van der Waals surface area contributed by atoms with Crippen LogP contribution in [0.25, 0.3) is 0 Å². The van der Waals surface area contributed by atoms with E-state index in [1.807, 2.05) is 31.2 Å². The summed E-state index contributed by atoms with van der Waals surface area (Å²) >= 11 is 3.42. The average molecular weight is 285 g/mol. The summed E-state index contributed by atoms with van der Waals surface area (Å²) in [6, 6.07) is 8.04. The van der Waals surface area contributed by atoms with Crippen LogP contribution in [0, 0.1) is 0 Å². The highest BCUT2D eigenvalue weighted by Crippen LogP contribution is 2.20. The van der Waals surface area contributed by atoms with E-state index in [-0.39, 0.29) is 11.9 Å². The molecule has 3 N–H and O–H groups in total. The van der Waals surface area contributed by atoms with Gasteiger partial charge in [0.15, 0.2) is 0 Å². The molecule has 0 aliphatic heterocycles. The predicted molar refractivity (Wildman–Crippen MR) is 69.0 cm³/mol. The molecule has 0 fully saturated rings. The fourth-order valence-corrected chi connectivity index (χ4v) is 1.89. The van der Waals surface area contributed by atoms with Crippen molar-refractivity contribution in [3.63, 3.8) is 0 Å². The van der Waals surface area contributed by atoms with E-state index in [9.17, 15) is 4.79 Å². The third-order valence-electron chi connectivity index (χ3n) is 2.54. The molecule has 0 bridgehead atoms. The predicted octanol–water partition coefficient (Wildman–Crippen LogP) is 2.36. The van der Waals surface area contributed by atoms with Crippen molar-refractivity contribution >= 4 is 21.8 Å². The normalized spacial score (nSPS) is 13.5. The number of halogens is 1. The van der Waals surface area contributed by atoms with E-state index in [0.717, 1.165) is 10.0 Å². The maximum Gasteiger partial charge on any atom is 0.237 e. The van der Waals surface area contributed by atoms with Crippen LogP contribution in [-0.2, 0) is 4.79 Å². The van der Waals surface area contributed by atoms with E-state index in [1.165, 1.54) is 0 Å². The van der Waals surface area contributed by atoms with Crippen molar-refractivity contribution in [2.75, 3.05) is 0 Å². The lowest BCUT2D eigenvalue weighted by atomic mass is 10.0. The zero-order valence-electron chi connectivity index (χ0n) is 9.75. The monoisotopic (exact) mass is 284 g/mol. The van der Waals surface area contributed by atoms with E-state index >= 15 is 0 Å². The molecule has 1 aromatic carbocycles. The van der Waals surface area contributed by atoms with Crippen LogP contribution in [0.5, 0.6) is 0 Å². The quantitative estimate of drug-likeness (QED) is 0.892. The van der Waals surface area contributed by atoms with Gasteiger partial charge in [-0.05, 0) is 38.5 Å². The first-order chi connectivity index (χ1) is 7.33. The van der Waals surface area contributed by atoms with Gasteiger partial charge < -0.3 is 5.73 Å². The summed E-state index contributed by atoms with van der Waals surface area (Å²) in [5, 5.41) is 3.20. The summed E-state index contributed by atoms with van der Waals surface area (Å²) in [6.45, 7) is 5.57. The first-order valence-electron chi connectivity index (χ1n) is 5.16. The third-order valence-corrected chi connectivity index (χ3v) is 3.04. The lowest BCUT2D eigenvalue weighted by molar-refractivity contribution is -0.123. The lowest BCUT2D eigenvalue weighted by Crippen LogP contribution is -2.51. The van der Waals surface area contributed by atoms with Gasteiger partial charge in [-0.25, -0.2) is 0 Å². The van der Waals surface area contributed by atoms with Crippen LogP contribution in [0.4, 0.5) is 0 Å². The fourth-order valence-electron chi connectivity index (χ4n) is 1.47. The number of benzene rings is 1. The summed E-state index contributed by atoms with van der Waals surface area (Å²) in [4.78, 5) is 11.2. The second-order valence-corrected chi connectivity index (χ2v) is 5.33. The number of rotatable bonds is 4. The van der Waals surface area contributed by atoms with Gasteiger partial charge in [-0.1, -0.05) is 28.1 Å². The number of carbonyl (C=O) groups excluding carboxylic acids is 1. The SMILES string of the molecule is CC(NC(C)(C)C(N)=O)c1cccc(Br)c1. The van der Waals surface area contributed by atoms with Crippen molar-refractivity contribution < 1.29 is 4.79 Å². The van der Waals surface area contributed by atoms with Crippen LogP contribution < -0.4 is 11.1 Å². The van der Waals surface area contributed by atoms with Crippen molar-refractivity contribution in [1.29, 1.82) is 0 Å². The van der Waals surface area contributed by atoms with Crippen LogP contribution in [0.1, 0.15) is 32.4 Å². The van der Waals surface area contributed by atoms with E-state index in [4.69, 9.17) is 5.73 Å². The third kappa shape index (κ3) is 3.32. The number of hydrogen-bond acceptors (Lipinski definition) is 2. The van der Waals surface area contributed by atoms with Gasteiger partial charge in [0.2, 0.25) is 5.91 Å². The van der Waals surface area contributed by atoms with Crippen molar-refractivity contribution in [3.05, 3.63) is 34.3 Å². The Morgan fingerprint density at radius 1 is 1.50 bits per heavy atom. The van der Waals surface area contributed by atoms with Crippen LogP contribution in [-0.4, -0.2) is 11.4 Å². The molecule has 0 heterocycles. The average Bonchev–Trinajstić information content (AvgIpc) is 2.16. The summed E-state index contributed by atoms with van der Waals surface area (Å²) in [6.07, 6.45) is 0. The molecule has 4 heteroatoms. The van der Waals surface area contributed by atoms with Crippen LogP contribution >= 0.6 is 15.9 Å². The van der Waals surface area contributed by atoms with E-state index < -0.39 is 5.54 Å². The maximum absolute atomic E-state index is 11.2. The Morgan fingerprint density at radius 2 is 2.12 bits per heavy atom. The smallest absolute Gasteiger partial charge is 0.237 e. The Hall–Kier alpha value is -0.870. The molecule has 1 amide bonds. The minimum Gasteiger partial charge on any atom is -0.368 e. The molecule has 1 aromatic rings. The number of carbonyl (C=O) groups is 1. The Balaban J connectivity index is 2.80. The standard InChI is InChI=1S/C12H17BrN2O/c1-8(15-12(2,3)11(14)16)9-5-4-6-10(13)7-9/h4-8,15H,1-3H3,(H2,14,16). The first kappa shape index (κ1) is 13.2. The van der Waals surface area contributed by atoms with Gasteiger partial charge in [-0.2, -0.15) is 0 Å². The number of amides is 1. The molecule has 0 aliphatic carbocycles. The Labute approximate surface area is 105 Å². The number of primary amides is 1. The molecule has 0 spiro atoms. The minimum absolute atomic E-state index is 0.0694. The largest absolute Gasteiger partial charge is 0.368 e. The number of hydrogen-bond donors (Lipinski definition) is 2. The fraction of sp³-hybridized carbons (Fsp3) is 0.417. The van der Waals surface area contributed by atoms with Crippen molar-refractivity contribution in [2.45, 2.75) is 32.4 Å². The zero-order valence-corrected chi connectivity index (χ0v) is 11.3. The lowest BCUT2D eigenvalue weighted by Gasteiger charge is -2.27. The molecular weight excluding hydrogens is 268 g/mol. The first-order valence-corrected chi connectivity index (χ1v) is 5.95. The van der Waals surface area contributed by atoms with Gasteiger partial charge in [0.25, 0.3) is 0 Å². The highest BCUT2D eigenvalue weighted by molar-refractivity contribution is 9.10. The molecule has 0 radical (unpaired) electrons. The zero-order chi connectivity index (χ0) is 12.3. The molecule has 1 unspecified atom stereocenters. The van der Waals surface area contributed by atoms with E-state index in [1.54, 1.807) is 13.8 Å². The van der Waals surface area contributed by atoms with Crippen LogP contribution in [0.3, 0.4) is 0 Å². The topological polar surface area (TPSA) is 55.1 Å². The minimum atomic E-state index is -0.707. The van der Waals surface area contributed by atoms with Crippen molar-refractivity contribution in [1.82, 2.24) is 5.32 Å². The van der Waals surface area contributed by atoms with Crippen molar-refractivity contribution in [2.24, 2.45) is 5.73 Å². The van der Waals surface area contributed by atoms with Gasteiger partial charge in [0.1, 0.15) is 0 Å². The molecule has 0 saturated carbocycles. The molecule has 0 aliphatic rings.